The number of hydrogen-bond acceptors (Lipinski definition) is 4. The smallest absolute Gasteiger partial charge is 0.313 e. The maximum Gasteiger partial charge on any atom is 0.313 e. The average molecular weight is 232 g/mol. The molecule has 0 aliphatic heterocycles. The number of Topliss-reactive ketones (excluding diaryl/α,β-unsaturated/α-hetero) is 1. The number of benzene rings is 1. The third-order valence-electron chi connectivity index (χ3n) is 2.37. The number of carbonyl (C=O) groups excluding carboxylic acids is 2. The molecule has 0 N–H and O–H groups in total. The second-order valence-corrected chi connectivity index (χ2v) is 3.56. The SMILES string of the molecule is CCOC(=O)CC(=O)c1occ2ccccc12. The van der Waals surface area contributed by atoms with Gasteiger partial charge in [-0.05, 0) is 6.92 Å². The van der Waals surface area contributed by atoms with Crippen molar-refractivity contribution in [3.63, 3.8) is 0 Å². The molecule has 0 spiro atoms. The number of esters is 1. The average Bonchev–Trinajstić information content (AvgIpc) is 2.72. The Morgan fingerprint density at radius 1 is 1.29 bits per heavy atom. The van der Waals surface area contributed by atoms with E-state index in [-0.39, 0.29) is 24.6 Å². The summed E-state index contributed by atoms with van der Waals surface area (Å²) in [6.07, 6.45) is 1.22. The highest BCUT2D eigenvalue weighted by Gasteiger charge is 2.18. The summed E-state index contributed by atoms with van der Waals surface area (Å²) in [5.74, 6) is -0.670. The number of ether oxygens (including phenoxy) is 1. The second kappa shape index (κ2) is 4.82. The first kappa shape index (κ1) is 11.4. The summed E-state index contributed by atoms with van der Waals surface area (Å²) in [6, 6.07) is 7.31. The van der Waals surface area contributed by atoms with Gasteiger partial charge in [-0.1, -0.05) is 24.3 Å². The summed E-state index contributed by atoms with van der Waals surface area (Å²) < 4.78 is 9.92. The summed E-state index contributed by atoms with van der Waals surface area (Å²) in [5.41, 5.74) is 0. The van der Waals surface area contributed by atoms with Gasteiger partial charge in [0.15, 0.2) is 5.76 Å². The van der Waals surface area contributed by atoms with Crippen LogP contribution in [0.3, 0.4) is 0 Å². The predicted octanol–water partition coefficient (Wildman–Crippen LogP) is 2.57. The van der Waals surface area contributed by atoms with Crippen molar-refractivity contribution < 1.29 is 18.7 Å². The molecule has 1 aromatic carbocycles. The Hall–Kier alpha value is -2.10. The van der Waals surface area contributed by atoms with Crippen LogP contribution in [-0.2, 0) is 9.53 Å². The van der Waals surface area contributed by atoms with Crippen LogP contribution in [0.4, 0.5) is 0 Å². The molecule has 0 saturated heterocycles. The largest absolute Gasteiger partial charge is 0.466 e. The standard InChI is InChI=1S/C13H12O4/c1-2-16-12(15)7-11(14)13-10-6-4-3-5-9(10)8-17-13/h3-6,8H,2,7H2,1H3. The van der Waals surface area contributed by atoms with Crippen molar-refractivity contribution in [2.24, 2.45) is 0 Å². The molecular formula is C13H12O4. The Bertz CT molecular complexity index is 553. The summed E-state index contributed by atoms with van der Waals surface area (Å²) in [7, 11) is 0. The van der Waals surface area contributed by atoms with E-state index in [0.717, 1.165) is 10.8 Å². The van der Waals surface area contributed by atoms with Crippen molar-refractivity contribution in [1.82, 2.24) is 0 Å². The number of fused-ring (bicyclic) bond motifs is 1. The van der Waals surface area contributed by atoms with Gasteiger partial charge in [0.2, 0.25) is 5.78 Å². The fraction of sp³-hybridized carbons (Fsp3) is 0.231. The number of ketones is 1. The zero-order valence-electron chi connectivity index (χ0n) is 9.43. The van der Waals surface area contributed by atoms with Crippen molar-refractivity contribution in [2.75, 3.05) is 6.61 Å². The van der Waals surface area contributed by atoms with Crippen molar-refractivity contribution in [3.05, 3.63) is 36.3 Å². The van der Waals surface area contributed by atoms with E-state index in [2.05, 4.69) is 0 Å². The third-order valence-corrected chi connectivity index (χ3v) is 2.37. The summed E-state index contributed by atoms with van der Waals surface area (Å²) >= 11 is 0. The van der Waals surface area contributed by atoms with Crippen molar-refractivity contribution in [1.29, 1.82) is 0 Å². The highest BCUT2D eigenvalue weighted by molar-refractivity contribution is 6.11. The molecular weight excluding hydrogens is 220 g/mol. The minimum Gasteiger partial charge on any atom is -0.466 e. The van der Waals surface area contributed by atoms with Crippen LogP contribution < -0.4 is 0 Å². The van der Waals surface area contributed by atoms with Crippen LogP contribution in [0.1, 0.15) is 23.9 Å². The van der Waals surface area contributed by atoms with Gasteiger partial charge in [0.1, 0.15) is 6.42 Å². The number of rotatable bonds is 4. The molecule has 0 bridgehead atoms. The van der Waals surface area contributed by atoms with E-state index in [1.807, 2.05) is 18.2 Å². The molecule has 2 rings (SSSR count). The lowest BCUT2D eigenvalue weighted by Gasteiger charge is -1.99. The van der Waals surface area contributed by atoms with Gasteiger partial charge in [0, 0.05) is 10.8 Å². The third kappa shape index (κ3) is 2.36. The normalized spacial score (nSPS) is 10.4. The monoisotopic (exact) mass is 232 g/mol. The maximum atomic E-state index is 11.8. The summed E-state index contributed by atoms with van der Waals surface area (Å²) in [6.45, 7) is 1.97. The quantitative estimate of drug-likeness (QED) is 0.462. The van der Waals surface area contributed by atoms with Gasteiger partial charge in [-0.2, -0.15) is 0 Å². The highest BCUT2D eigenvalue weighted by atomic mass is 16.5. The lowest BCUT2D eigenvalue weighted by Crippen LogP contribution is -2.10. The molecule has 0 unspecified atom stereocenters. The molecule has 1 heterocycles. The fourth-order valence-corrected chi connectivity index (χ4v) is 1.63. The van der Waals surface area contributed by atoms with Crippen LogP contribution in [0.2, 0.25) is 0 Å². The fourth-order valence-electron chi connectivity index (χ4n) is 1.63. The molecule has 1 aromatic heterocycles. The predicted molar refractivity (Wildman–Crippen MR) is 61.8 cm³/mol. The van der Waals surface area contributed by atoms with Gasteiger partial charge in [-0.25, -0.2) is 0 Å². The molecule has 0 atom stereocenters. The molecule has 0 saturated carbocycles. The van der Waals surface area contributed by atoms with Crippen LogP contribution in [-0.4, -0.2) is 18.4 Å². The van der Waals surface area contributed by atoms with Crippen LogP contribution in [0.15, 0.2) is 34.9 Å². The molecule has 17 heavy (non-hydrogen) atoms. The minimum atomic E-state index is -0.530. The second-order valence-electron chi connectivity index (χ2n) is 3.56. The van der Waals surface area contributed by atoms with Crippen LogP contribution in [0, 0.1) is 0 Å². The maximum absolute atomic E-state index is 11.8. The first-order chi connectivity index (χ1) is 8.22. The summed E-state index contributed by atoms with van der Waals surface area (Å²) in [4.78, 5) is 23.0. The van der Waals surface area contributed by atoms with Gasteiger partial charge in [-0.3, -0.25) is 9.59 Å². The molecule has 2 aromatic rings. The van der Waals surface area contributed by atoms with E-state index in [1.165, 1.54) is 6.26 Å². The molecule has 0 aliphatic carbocycles. The number of carbonyl (C=O) groups is 2. The minimum absolute atomic E-state index is 0.216. The van der Waals surface area contributed by atoms with Gasteiger partial charge in [0.05, 0.1) is 12.9 Å². The van der Waals surface area contributed by atoms with E-state index in [1.54, 1.807) is 13.0 Å². The van der Waals surface area contributed by atoms with E-state index >= 15 is 0 Å². The van der Waals surface area contributed by atoms with Crippen LogP contribution >= 0.6 is 0 Å². The van der Waals surface area contributed by atoms with Gasteiger partial charge >= 0.3 is 5.97 Å². The van der Waals surface area contributed by atoms with Crippen LogP contribution in [0.5, 0.6) is 0 Å². The van der Waals surface area contributed by atoms with Gasteiger partial charge in [-0.15, -0.1) is 0 Å². The molecule has 4 nitrogen and oxygen atoms in total. The van der Waals surface area contributed by atoms with E-state index < -0.39 is 5.97 Å². The lowest BCUT2D eigenvalue weighted by molar-refractivity contribution is -0.141. The molecule has 0 radical (unpaired) electrons. The van der Waals surface area contributed by atoms with Crippen molar-refractivity contribution in [3.8, 4) is 0 Å². The highest BCUT2D eigenvalue weighted by Crippen LogP contribution is 2.21. The van der Waals surface area contributed by atoms with E-state index in [0.29, 0.717) is 0 Å². The first-order valence-corrected chi connectivity index (χ1v) is 5.37. The molecule has 0 fully saturated rings. The zero-order valence-corrected chi connectivity index (χ0v) is 9.43. The Morgan fingerprint density at radius 3 is 2.82 bits per heavy atom. The zero-order chi connectivity index (χ0) is 12.3. The van der Waals surface area contributed by atoms with E-state index in [9.17, 15) is 9.59 Å². The summed E-state index contributed by atoms with van der Waals surface area (Å²) in [5, 5.41) is 1.57. The topological polar surface area (TPSA) is 56.5 Å². The molecule has 0 aliphatic rings. The molecule has 4 heteroatoms. The molecule has 88 valence electrons. The Morgan fingerprint density at radius 2 is 2.06 bits per heavy atom. The van der Waals surface area contributed by atoms with Gasteiger partial charge in [0.25, 0.3) is 0 Å². The lowest BCUT2D eigenvalue weighted by atomic mass is 10.1. The molecule has 0 amide bonds. The van der Waals surface area contributed by atoms with Crippen molar-refractivity contribution >= 4 is 22.5 Å². The Labute approximate surface area is 98.2 Å². The number of furan rings is 1. The first-order valence-electron chi connectivity index (χ1n) is 5.37. The van der Waals surface area contributed by atoms with E-state index in [4.69, 9.17) is 9.15 Å². The van der Waals surface area contributed by atoms with Gasteiger partial charge < -0.3 is 9.15 Å². The Balaban J connectivity index is 2.22. The number of hydrogen-bond donors (Lipinski definition) is 0. The Kier molecular flexibility index (Phi) is 3.23. The van der Waals surface area contributed by atoms with Crippen molar-refractivity contribution in [2.45, 2.75) is 13.3 Å². The van der Waals surface area contributed by atoms with Crippen LogP contribution in [0.25, 0.3) is 10.8 Å².